The molecule has 3 rings (SSSR count). The van der Waals surface area contributed by atoms with Crippen LogP contribution in [0.5, 0.6) is 0 Å². The summed E-state index contributed by atoms with van der Waals surface area (Å²) in [6.45, 7) is 1.90. The Morgan fingerprint density at radius 2 is 1.92 bits per heavy atom. The van der Waals surface area contributed by atoms with Gasteiger partial charge in [-0.05, 0) is 36.6 Å². The Labute approximate surface area is 157 Å². The maximum absolute atomic E-state index is 12.6. The zero-order valence-corrected chi connectivity index (χ0v) is 15.2. The van der Waals surface area contributed by atoms with Gasteiger partial charge in [0.05, 0.1) is 16.5 Å². The predicted octanol–water partition coefficient (Wildman–Crippen LogP) is 3.30. The minimum atomic E-state index is -0.284. The minimum absolute atomic E-state index is 0.0717. The molecule has 2 atom stereocenters. The molecule has 130 valence electrons. The first-order valence-corrected chi connectivity index (χ1v) is 9.29. The number of hydrogen-bond acceptors (Lipinski definition) is 3. The zero-order chi connectivity index (χ0) is 18.4. The van der Waals surface area contributed by atoms with E-state index in [0.717, 1.165) is 0 Å². The molecule has 0 spiro atoms. The predicted molar refractivity (Wildman–Crippen MR) is 104 cm³/mol. The summed E-state index contributed by atoms with van der Waals surface area (Å²) in [6.07, 6.45) is 0. The van der Waals surface area contributed by atoms with Gasteiger partial charge in [-0.2, -0.15) is 5.26 Å². The van der Waals surface area contributed by atoms with E-state index < -0.39 is 0 Å². The van der Waals surface area contributed by atoms with Gasteiger partial charge in [-0.1, -0.05) is 42.5 Å². The lowest BCUT2D eigenvalue weighted by Gasteiger charge is -2.19. The number of carbonyl (C=O) groups excluding carboxylic acids is 1. The van der Waals surface area contributed by atoms with E-state index in [0.29, 0.717) is 11.3 Å². The lowest BCUT2D eigenvalue weighted by Crippen LogP contribution is -2.92. The van der Waals surface area contributed by atoms with Crippen LogP contribution in [-0.2, 0) is 4.79 Å². The summed E-state index contributed by atoms with van der Waals surface area (Å²) in [5.74, 6) is -0.0856. The third-order valence-electron chi connectivity index (χ3n) is 4.16. The number of rotatable bonds is 6. The average Bonchev–Trinajstić information content (AvgIpc) is 3.21. The van der Waals surface area contributed by atoms with E-state index in [9.17, 15) is 4.79 Å². The molecular weight excluding hydrogens is 342 g/mol. The van der Waals surface area contributed by atoms with Crippen molar-refractivity contribution in [3.05, 3.63) is 88.1 Å². The minimum Gasteiger partial charge on any atom is -0.326 e. The third kappa shape index (κ3) is 4.37. The van der Waals surface area contributed by atoms with Crippen LogP contribution in [0.3, 0.4) is 0 Å². The summed E-state index contributed by atoms with van der Waals surface area (Å²) < 4.78 is 0. The van der Waals surface area contributed by atoms with Gasteiger partial charge in [0.1, 0.15) is 6.04 Å². The van der Waals surface area contributed by atoms with Crippen LogP contribution in [0, 0.1) is 11.3 Å². The van der Waals surface area contributed by atoms with Crippen molar-refractivity contribution in [3.8, 4) is 6.07 Å². The van der Waals surface area contributed by atoms with E-state index in [1.807, 2.05) is 31.2 Å². The molecule has 3 N–H and O–H groups in total. The van der Waals surface area contributed by atoms with Crippen molar-refractivity contribution in [2.45, 2.75) is 19.0 Å². The number of anilines is 1. The van der Waals surface area contributed by atoms with E-state index in [1.165, 1.54) is 10.4 Å². The van der Waals surface area contributed by atoms with Crippen LogP contribution in [-0.4, -0.2) is 11.9 Å². The molecule has 0 aliphatic heterocycles. The summed E-state index contributed by atoms with van der Waals surface area (Å²) in [4.78, 5) is 13.8. The lowest BCUT2D eigenvalue weighted by molar-refractivity contribution is -0.703. The van der Waals surface area contributed by atoms with Crippen LogP contribution in [0.25, 0.3) is 0 Å². The van der Waals surface area contributed by atoms with E-state index in [4.69, 9.17) is 5.26 Å². The third-order valence-corrected chi connectivity index (χ3v) is 5.12. The first-order chi connectivity index (χ1) is 12.7. The molecule has 0 saturated heterocycles. The van der Waals surface area contributed by atoms with E-state index in [2.05, 4.69) is 40.3 Å². The number of amides is 1. The highest BCUT2D eigenvalue weighted by molar-refractivity contribution is 7.10. The fourth-order valence-corrected chi connectivity index (χ4v) is 3.63. The normalized spacial score (nSPS) is 12.8. The Hall–Kier alpha value is -2.94. The average molecular weight is 362 g/mol. The quantitative estimate of drug-likeness (QED) is 0.706. The molecule has 4 nitrogen and oxygen atoms in total. The van der Waals surface area contributed by atoms with Crippen molar-refractivity contribution in [3.63, 3.8) is 0 Å². The Morgan fingerprint density at radius 3 is 2.62 bits per heavy atom. The summed E-state index contributed by atoms with van der Waals surface area (Å²) in [7, 11) is 0. The molecule has 1 heterocycles. The molecule has 0 fully saturated rings. The second kappa shape index (κ2) is 8.43. The fraction of sp³-hybridized carbons (Fsp3) is 0.143. The van der Waals surface area contributed by atoms with E-state index >= 15 is 0 Å². The SMILES string of the molecule is C[C@H]([NH2+][C@@H](c1ccccc1)c1cccs1)C(=O)Nc1cccc(C#N)c1. The molecule has 1 amide bonds. The molecule has 0 saturated carbocycles. The largest absolute Gasteiger partial charge is 0.326 e. The highest BCUT2D eigenvalue weighted by atomic mass is 32.1. The number of nitriles is 1. The number of quaternary nitrogens is 1. The zero-order valence-electron chi connectivity index (χ0n) is 14.4. The topological polar surface area (TPSA) is 69.5 Å². The van der Waals surface area contributed by atoms with Crippen molar-refractivity contribution in [2.75, 3.05) is 5.32 Å². The molecule has 0 aliphatic carbocycles. The summed E-state index contributed by atoms with van der Waals surface area (Å²) in [5, 5.41) is 16.0. The number of nitrogens with one attached hydrogen (secondary N) is 1. The van der Waals surface area contributed by atoms with Gasteiger partial charge in [0.2, 0.25) is 0 Å². The maximum atomic E-state index is 12.6. The summed E-state index contributed by atoms with van der Waals surface area (Å²) >= 11 is 1.69. The van der Waals surface area contributed by atoms with E-state index in [-0.39, 0.29) is 18.0 Å². The maximum Gasteiger partial charge on any atom is 0.282 e. The van der Waals surface area contributed by atoms with Crippen molar-refractivity contribution in [2.24, 2.45) is 0 Å². The molecule has 2 aromatic carbocycles. The smallest absolute Gasteiger partial charge is 0.282 e. The van der Waals surface area contributed by atoms with Gasteiger partial charge < -0.3 is 10.6 Å². The van der Waals surface area contributed by atoms with Crippen LogP contribution in [0.1, 0.15) is 29.0 Å². The number of thiophene rings is 1. The van der Waals surface area contributed by atoms with Crippen LogP contribution in [0.15, 0.2) is 72.1 Å². The van der Waals surface area contributed by atoms with E-state index in [1.54, 1.807) is 35.6 Å². The molecule has 0 bridgehead atoms. The highest BCUT2D eigenvalue weighted by Gasteiger charge is 2.25. The Bertz CT molecular complexity index is 901. The standard InChI is InChI=1S/C21H19N3OS/c1-15(21(25)24-18-10-5-7-16(13-18)14-22)23-20(19-11-6-12-26-19)17-8-3-2-4-9-17/h2-13,15,20,23H,1H3,(H,24,25)/p+1/t15-,20-/m0/s1. The van der Waals surface area contributed by atoms with Crippen molar-refractivity contribution < 1.29 is 10.1 Å². The van der Waals surface area contributed by atoms with Gasteiger partial charge >= 0.3 is 0 Å². The van der Waals surface area contributed by atoms with Gasteiger partial charge in [-0.25, -0.2) is 0 Å². The van der Waals surface area contributed by atoms with Gasteiger partial charge in [-0.15, -0.1) is 11.3 Å². The second-order valence-corrected chi connectivity index (χ2v) is 7.05. The first kappa shape index (κ1) is 17.9. The van der Waals surface area contributed by atoms with Crippen molar-refractivity contribution in [1.29, 1.82) is 5.26 Å². The van der Waals surface area contributed by atoms with Gasteiger partial charge in [0.25, 0.3) is 5.91 Å². The first-order valence-electron chi connectivity index (χ1n) is 8.41. The molecule has 0 unspecified atom stereocenters. The number of carbonyl (C=O) groups is 1. The summed E-state index contributed by atoms with van der Waals surface area (Å²) in [5.41, 5.74) is 2.34. The molecule has 0 radical (unpaired) electrons. The van der Waals surface area contributed by atoms with Crippen LogP contribution < -0.4 is 10.6 Å². The Balaban J connectivity index is 1.74. The van der Waals surface area contributed by atoms with Crippen LogP contribution >= 0.6 is 11.3 Å². The molecule has 0 aliphatic rings. The fourth-order valence-electron chi connectivity index (χ4n) is 2.80. The number of nitrogens with zero attached hydrogens (tertiary/aromatic N) is 1. The monoisotopic (exact) mass is 362 g/mol. The van der Waals surface area contributed by atoms with Crippen LogP contribution in [0.2, 0.25) is 0 Å². The lowest BCUT2D eigenvalue weighted by atomic mass is 10.0. The number of benzene rings is 2. The molecule has 26 heavy (non-hydrogen) atoms. The van der Waals surface area contributed by atoms with Gasteiger partial charge in [-0.3, -0.25) is 4.79 Å². The Morgan fingerprint density at radius 1 is 1.12 bits per heavy atom. The van der Waals surface area contributed by atoms with Crippen molar-refractivity contribution >= 4 is 22.9 Å². The Kier molecular flexibility index (Phi) is 5.80. The van der Waals surface area contributed by atoms with Gasteiger partial charge in [0.15, 0.2) is 6.04 Å². The van der Waals surface area contributed by atoms with Crippen molar-refractivity contribution in [1.82, 2.24) is 0 Å². The second-order valence-electron chi connectivity index (χ2n) is 6.07. The van der Waals surface area contributed by atoms with Crippen LogP contribution in [0.4, 0.5) is 5.69 Å². The molecular formula is C21H20N3OS+. The molecule has 3 aromatic rings. The van der Waals surface area contributed by atoms with Gasteiger partial charge in [0, 0.05) is 11.3 Å². The highest BCUT2D eigenvalue weighted by Crippen LogP contribution is 2.22. The summed E-state index contributed by atoms with van der Waals surface area (Å²) in [6, 6.07) is 23.1. The number of hydrogen-bond donors (Lipinski definition) is 2. The molecule has 1 aromatic heterocycles. The molecule has 5 heteroatoms. The number of nitrogens with two attached hydrogens (primary N) is 1.